The number of nitrogens with one attached hydrogen (secondary N) is 1. The molecule has 6 heteroatoms. The standard InChI is InChI=1S/C20H19N3O2S/c1-25-15-9-4-7-13-17(24)16-12-6-2-3-8-14(12)23-20(22-11-5-10-21)19(16)26-18(13)15/h2-4,6-9H,5,10-11,21H2,1H3,(H,22,23). The number of methoxy groups -OCH3 is 1. The quantitative estimate of drug-likeness (QED) is 0.320. The highest BCUT2D eigenvalue weighted by Crippen LogP contribution is 2.37. The van der Waals surface area contributed by atoms with Crippen molar-refractivity contribution in [1.29, 1.82) is 0 Å². The summed E-state index contributed by atoms with van der Waals surface area (Å²) in [4.78, 5) is 18.1. The lowest BCUT2D eigenvalue weighted by Crippen LogP contribution is -2.11. The number of hydrogen-bond acceptors (Lipinski definition) is 6. The van der Waals surface area contributed by atoms with Crippen LogP contribution in [0.4, 0.5) is 5.82 Å². The smallest absolute Gasteiger partial charge is 0.196 e. The van der Waals surface area contributed by atoms with Gasteiger partial charge in [-0.05, 0) is 31.2 Å². The van der Waals surface area contributed by atoms with Gasteiger partial charge in [0.2, 0.25) is 0 Å². The van der Waals surface area contributed by atoms with Gasteiger partial charge >= 0.3 is 0 Å². The molecule has 0 fully saturated rings. The molecule has 0 amide bonds. The molecule has 26 heavy (non-hydrogen) atoms. The molecule has 4 rings (SSSR count). The average molecular weight is 365 g/mol. The number of benzene rings is 2. The molecule has 0 radical (unpaired) electrons. The summed E-state index contributed by atoms with van der Waals surface area (Å²) in [5.74, 6) is 1.43. The molecular formula is C20H19N3O2S. The normalized spacial score (nSPS) is 11.3. The maximum atomic E-state index is 13.3. The predicted molar refractivity (Wildman–Crippen MR) is 110 cm³/mol. The lowest BCUT2D eigenvalue weighted by Gasteiger charge is -2.12. The van der Waals surface area contributed by atoms with E-state index >= 15 is 0 Å². The van der Waals surface area contributed by atoms with Gasteiger partial charge in [-0.25, -0.2) is 4.98 Å². The summed E-state index contributed by atoms with van der Waals surface area (Å²) >= 11 is 1.53. The zero-order valence-corrected chi connectivity index (χ0v) is 15.2. The zero-order valence-electron chi connectivity index (χ0n) is 14.4. The molecule has 0 bridgehead atoms. The third-order valence-corrected chi connectivity index (χ3v) is 5.62. The van der Waals surface area contributed by atoms with Crippen LogP contribution in [0, 0.1) is 0 Å². The van der Waals surface area contributed by atoms with Gasteiger partial charge in [0.1, 0.15) is 11.6 Å². The molecule has 2 aromatic heterocycles. The van der Waals surface area contributed by atoms with Gasteiger partial charge in [-0.3, -0.25) is 4.79 Å². The predicted octanol–water partition coefficient (Wildman–Crippen LogP) is 3.73. The van der Waals surface area contributed by atoms with E-state index in [2.05, 4.69) is 5.32 Å². The Morgan fingerprint density at radius 1 is 1.12 bits per heavy atom. The Morgan fingerprint density at radius 2 is 1.92 bits per heavy atom. The van der Waals surface area contributed by atoms with Crippen LogP contribution in [0.15, 0.2) is 47.3 Å². The Hall–Kier alpha value is -2.70. The molecule has 0 saturated heterocycles. The molecule has 0 saturated carbocycles. The lowest BCUT2D eigenvalue weighted by molar-refractivity contribution is 0.420. The molecule has 132 valence electrons. The molecule has 3 N–H and O–H groups in total. The summed E-state index contributed by atoms with van der Waals surface area (Å²) < 4.78 is 7.16. The Kier molecular flexibility index (Phi) is 4.44. The molecule has 4 aromatic rings. The summed E-state index contributed by atoms with van der Waals surface area (Å²) in [7, 11) is 1.62. The summed E-state index contributed by atoms with van der Waals surface area (Å²) in [5.41, 5.74) is 6.42. The van der Waals surface area contributed by atoms with Crippen LogP contribution in [0.1, 0.15) is 6.42 Å². The van der Waals surface area contributed by atoms with E-state index in [1.54, 1.807) is 7.11 Å². The van der Waals surface area contributed by atoms with E-state index in [0.29, 0.717) is 29.6 Å². The molecule has 0 atom stereocenters. The first-order valence-corrected chi connectivity index (χ1v) is 9.32. The van der Waals surface area contributed by atoms with Gasteiger partial charge in [0, 0.05) is 17.3 Å². The van der Waals surface area contributed by atoms with Gasteiger partial charge < -0.3 is 15.8 Å². The molecule has 0 unspecified atom stereocenters. The van der Waals surface area contributed by atoms with Crippen LogP contribution in [0.3, 0.4) is 0 Å². The number of rotatable bonds is 5. The van der Waals surface area contributed by atoms with Crippen LogP contribution in [-0.4, -0.2) is 25.2 Å². The van der Waals surface area contributed by atoms with Gasteiger partial charge in [-0.1, -0.05) is 24.3 Å². The van der Waals surface area contributed by atoms with E-state index < -0.39 is 0 Å². The minimum absolute atomic E-state index is 0.00752. The molecule has 0 aliphatic carbocycles. The fourth-order valence-corrected chi connectivity index (χ4v) is 4.39. The number of nitrogens with zero attached hydrogens (tertiary/aromatic N) is 1. The minimum atomic E-state index is 0.00752. The summed E-state index contributed by atoms with van der Waals surface area (Å²) in [6, 6.07) is 13.3. The fourth-order valence-electron chi connectivity index (χ4n) is 3.15. The van der Waals surface area contributed by atoms with Gasteiger partial charge in [0.15, 0.2) is 5.43 Å². The third-order valence-electron chi connectivity index (χ3n) is 4.40. The second-order valence-corrected chi connectivity index (χ2v) is 7.04. The van der Waals surface area contributed by atoms with Crippen molar-refractivity contribution in [1.82, 2.24) is 4.98 Å². The second-order valence-electron chi connectivity index (χ2n) is 6.02. The number of para-hydroxylation sites is 1. The Bertz CT molecular complexity index is 1170. The third kappa shape index (κ3) is 2.67. The first kappa shape index (κ1) is 16.8. The monoisotopic (exact) mass is 365 g/mol. The maximum absolute atomic E-state index is 13.3. The van der Waals surface area contributed by atoms with Crippen LogP contribution in [0.5, 0.6) is 5.75 Å². The number of aromatic nitrogens is 1. The van der Waals surface area contributed by atoms with Crippen molar-refractivity contribution < 1.29 is 4.74 Å². The highest BCUT2D eigenvalue weighted by atomic mass is 32.1. The van der Waals surface area contributed by atoms with Crippen LogP contribution in [0.25, 0.3) is 31.1 Å². The topological polar surface area (TPSA) is 77.2 Å². The minimum Gasteiger partial charge on any atom is -0.495 e. The Labute approximate surface area is 154 Å². The van der Waals surface area contributed by atoms with E-state index in [1.165, 1.54) is 11.3 Å². The number of anilines is 1. The summed E-state index contributed by atoms with van der Waals surface area (Å²) in [5, 5.41) is 5.60. The number of pyridine rings is 1. The van der Waals surface area contributed by atoms with Crippen LogP contribution >= 0.6 is 11.3 Å². The number of hydrogen-bond donors (Lipinski definition) is 2. The molecule has 0 aliphatic heterocycles. The van der Waals surface area contributed by atoms with Crippen molar-refractivity contribution in [3.8, 4) is 5.75 Å². The van der Waals surface area contributed by atoms with Crippen molar-refractivity contribution >= 4 is 48.2 Å². The zero-order chi connectivity index (χ0) is 18.1. The van der Waals surface area contributed by atoms with Crippen molar-refractivity contribution in [2.24, 2.45) is 5.73 Å². The van der Waals surface area contributed by atoms with E-state index in [0.717, 1.165) is 32.5 Å². The van der Waals surface area contributed by atoms with E-state index in [9.17, 15) is 4.79 Å². The van der Waals surface area contributed by atoms with Gasteiger partial charge in [-0.2, -0.15) is 0 Å². The SMILES string of the molecule is COc1cccc2c(=O)c3c(sc12)c(NCCCN)nc1ccccc13. The van der Waals surface area contributed by atoms with Crippen molar-refractivity contribution in [3.63, 3.8) is 0 Å². The van der Waals surface area contributed by atoms with E-state index in [1.807, 2.05) is 42.5 Å². The van der Waals surface area contributed by atoms with Crippen LogP contribution in [-0.2, 0) is 0 Å². The Morgan fingerprint density at radius 3 is 2.73 bits per heavy atom. The maximum Gasteiger partial charge on any atom is 0.196 e. The summed E-state index contributed by atoms with van der Waals surface area (Å²) in [6.07, 6.45) is 0.835. The van der Waals surface area contributed by atoms with Crippen molar-refractivity contribution in [2.45, 2.75) is 6.42 Å². The molecule has 0 spiro atoms. The Balaban J connectivity index is 2.13. The fraction of sp³-hybridized carbons (Fsp3) is 0.200. The molecular weight excluding hydrogens is 346 g/mol. The average Bonchev–Trinajstić information content (AvgIpc) is 2.68. The lowest BCUT2D eigenvalue weighted by atomic mass is 10.1. The van der Waals surface area contributed by atoms with E-state index in [4.69, 9.17) is 15.5 Å². The van der Waals surface area contributed by atoms with Crippen LogP contribution < -0.4 is 21.2 Å². The first-order chi connectivity index (χ1) is 12.7. The summed E-state index contributed by atoms with van der Waals surface area (Å²) in [6.45, 7) is 1.31. The molecule has 2 heterocycles. The largest absolute Gasteiger partial charge is 0.495 e. The van der Waals surface area contributed by atoms with Gasteiger partial charge in [0.05, 0.1) is 27.4 Å². The number of ether oxygens (including phenoxy) is 1. The van der Waals surface area contributed by atoms with Gasteiger partial charge in [-0.15, -0.1) is 11.3 Å². The molecule has 5 nitrogen and oxygen atoms in total. The van der Waals surface area contributed by atoms with Crippen LogP contribution in [0.2, 0.25) is 0 Å². The number of fused-ring (bicyclic) bond motifs is 4. The van der Waals surface area contributed by atoms with E-state index in [-0.39, 0.29) is 5.43 Å². The second kappa shape index (κ2) is 6.90. The van der Waals surface area contributed by atoms with Gasteiger partial charge in [0.25, 0.3) is 0 Å². The van der Waals surface area contributed by atoms with Crippen molar-refractivity contribution in [3.05, 3.63) is 52.7 Å². The highest BCUT2D eigenvalue weighted by Gasteiger charge is 2.16. The molecule has 2 aromatic carbocycles. The first-order valence-electron chi connectivity index (χ1n) is 8.51. The van der Waals surface area contributed by atoms with Crippen molar-refractivity contribution in [2.75, 3.05) is 25.5 Å². The number of nitrogens with two attached hydrogens (primary N) is 1. The highest BCUT2D eigenvalue weighted by molar-refractivity contribution is 7.25. The molecule has 0 aliphatic rings.